The van der Waals surface area contributed by atoms with E-state index in [9.17, 15) is 9.59 Å². The van der Waals surface area contributed by atoms with Gasteiger partial charge in [0.1, 0.15) is 5.52 Å². The van der Waals surface area contributed by atoms with E-state index < -0.39 is 0 Å². The summed E-state index contributed by atoms with van der Waals surface area (Å²) in [6.45, 7) is 0.700. The number of benzene rings is 2. The van der Waals surface area contributed by atoms with Crippen LogP contribution in [0.15, 0.2) is 48.5 Å². The number of hydrogen-bond donors (Lipinski definition) is 0. The number of imide groups is 1. The molecule has 2 aromatic carbocycles. The minimum absolute atomic E-state index is 0.245. The van der Waals surface area contributed by atoms with Crippen LogP contribution in [0.2, 0.25) is 0 Å². The van der Waals surface area contributed by atoms with Crippen LogP contribution < -0.4 is 0 Å². The van der Waals surface area contributed by atoms with Crippen LogP contribution in [0.4, 0.5) is 0 Å². The summed E-state index contributed by atoms with van der Waals surface area (Å²) in [5.41, 5.74) is 2.62. The fourth-order valence-corrected chi connectivity index (χ4v) is 2.72. The van der Waals surface area contributed by atoms with Crippen molar-refractivity contribution >= 4 is 22.8 Å². The standard InChI is InChI=1S/C16H12N4O2/c21-15-11-5-1-2-6-12(11)16(22)19(15)9-10-20-14-8-4-3-7-13(14)17-18-20/h1-8H,9-10H2. The van der Waals surface area contributed by atoms with E-state index >= 15 is 0 Å². The van der Waals surface area contributed by atoms with E-state index in [0.717, 1.165) is 11.0 Å². The molecule has 0 fully saturated rings. The first-order valence-electron chi connectivity index (χ1n) is 6.99. The molecule has 0 unspecified atom stereocenters. The maximum absolute atomic E-state index is 12.3. The van der Waals surface area contributed by atoms with Crippen molar-refractivity contribution in [2.24, 2.45) is 0 Å². The quantitative estimate of drug-likeness (QED) is 0.689. The van der Waals surface area contributed by atoms with Crippen molar-refractivity contribution in [3.63, 3.8) is 0 Å². The van der Waals surface area contributed by atoms with Crippen LogP contribution in [-0.2, 0) is 6.54 Å². The Kier molecular flexibility index (Phi) is 2.75. The first-order valence-corrected chi connectivity index (χ1v) is 6.99. The normalized spacial score (nSPS) is 13.9. The lowest BCUT2D eigenvalue weighted by molar-refractivity contribution is 0.0648. The fraction of sp³-hybridized carbons (Fsp3) is 0.125. The van der Waals surface area contributed by atoms with Crippen molar-refractivity contribution in [1.82, 2.24) is 19.9 Å². The third-order valence-corrected chi connectivity index (χ3v) is 3.83. The first-order chi connectivity index (χ1) is 10.8. The molecule has 0 saturated carbocycles. The third-order valence-electron chi connectivity index (χ3n) is 3.83. The topological polar surface area (TPSA) is 68.1 Å². The Morgan fingerprint density at radius 2 is 1.45 bits per heavy atom. The Morgan fingerprint density at radius 3 is 2.18 bits per heavy atom. The van der Waals surface area contributed by atoms with Crippen LogP contribution in [-0.4, -0.2) is 38.3 Å². The molecule has 1 aliphatic heterocycles. The zero-order valence-corrected chi connectivity index (χ0v) is 11.6. The molecule has 0 radical (unpaired) electrons. The molecule has 4 rings (SSSR count). The second-order valence-electron chi connectivity index (χ2n) is 5.11. The number of nitrogens with zero attached hydrogens (tertiary/aromatic N) is 4. The maximum Gasteiger partial charge on any atom is 0.261 e. The molecule has 3 aromatic rings. The molecule has 2 heterocycles. The summed E-state index contributed by atoms with van der Waals surface area (Å²) in [6, 6.07) is 14.5. The largest absolute Gasteiger partial charge is 0.272 e. The Bertz CT molecular complexity index is 865. The maximum atomic E-state index is 12.3. The number of carbonyl (C=O) groups is 2. The number of amides is 2. The van der Waals surface area contributed by atoms with Crippen LogP contribution in [0, 0.1) is 0 Å². The van der Waals surface area contributed by atoms with Crippen molar-refractivity contribution in [2.45, 2.75) is 6.54 Å². The number of hydrogen-bond acceptors (Lipinski definition) is 4. The van der Waals surface area contributed by atoms with Crippen LogP contribution >= 0.6 is 0 Å². The van der Waals surface area contributed by atoms with Gasteiger partial charge in [-0.05, 0) is 24.3 Å². The number of aromatic nitrogens is 3. The molecule has 0 bridgehead atoms. The Hall–Kier alpha value is -3.02. The number of carbonyl (C=O) groups excluding carboxylic acids is 2. The van der Waals surface area contributed by atoms with E-state index in [0.29, 0.717) is 17.7 Å². The van der Waals surface area contributed by atoms with Gasteiger partial charge in [0.25, 0.3) is 11.8 Å². The minimum Gasteiger partial charge on any atom is -0.272 e. The molecule has 22 heavy (non-hydrogen) atoms. The van der Waals surface area contributed by atoms with E-state index in [1.807, 2.05) is 24.3 Å². The second-order valence-corrected chi connectivity index (χ2v) is 5.11. The summed E-state index contributed by atoms with van der Waals surface area (Å²) in [4.78, 5) is 25.8. The molecule has 0 atom stereocenters. The highest BCUT2D eigenvalue weighted by molar-refractivity contribution is 6.21. The molecule has 1 aliphatic rings. The summed E-state index contributed by atoms with van der Waals surface area (Å²) < 4.78 is 1.71. The van der Waals surface area contributed by atoms with Crippen molar-refractivity contribution in [1.29, 1.82) is 0 Å². The van der Waals surface area contributed by atoms with Gasteiger partial charge in [-0.2, -0.15) is 0 Å². The van der Waals surface area contributed by atoms with Crippen LogP contribution in [0.3, 0.4) is 0 Å². The number of rotatable bonds is 3. The van der Waals surface area contributed by atoms with Crippen LogP contribution in [0.25, 0.3) is 11.0 Å². The summed E-state index contributed by atoms with van der Waals surface area (Å²) in [6.07, 6.45) is 0. The monoisotopic (exact) mass is 292 g/mol. The Labute approximate surface area is 126 Å². The van der Waals surface area contributed by atoms with Crippen LogP contribution in [0.1, 0.15) is 20.7 Å². The molecule has 0 spiro atoms. The van der Waals surface area contributed by atoms with Gasteiger partial charge >= 0.3 is 0 Å². The average Bonchev–Trinajstić information content (AvgIpc) is 3.07. The zero-order chi connectivity index (χ0) is 15.1. The molecule has 0 N–H and O–H groups in total. The van der Waals surface area contributed by atoms with Gasteiger partial charge in [-0.1, -0.05) is 29.5 Å². The van der Waals surface area contributed by atoms with Gasteiger partial charge in [0.05, 0.1) is 23.2 Å². The van der Waals surface area contributed by atoms with E-state index in [-0.39, 0.29) is 18.4 Å². The van der Waals surface area contributed by atoms with Gasteiger partial charge in [-0.3, -0.25) is 14.5 Å². The number of para-hydroxylation sites is 1. The van der Waals surface area contributed by atoms with Gasteiger partial charge in [0.2, 0.25) is 0 Å². The third kappa shape index (κ3) is 1.81. The van der Waals surface area contributed by atoms with Crippen molar-refractivity contribution in [2.75, 3.05) is 6.54 Å². The molecule has 0 aliphatic carbocycles. The molecular weight excluding hydrogens is 280 g/mol. The van der Waals surface area contributed by atoms with Gasteiger partial charge in [-0.15, -0.1) is 5.10 Å². The predicted octanol–water partition coefficient (Wildman–Crippen LogP) is 1.73. The van der Waals surface area contributed by atoms with Crippen molar-refractivity contribution < 1.29 is 9.59 Å². The average molecular weight is 292 g/mol. The first kappa shape index (κ1) is 12.7. The molecular formula is C16H12N4O2. The molecule has 1 aromatic heterocycles. The molecule has 2 amide bonds. The highest BCUT2D eigenvalue weighted by Gasteiger charge is 2.34. The molecule has 108 valence electrons. The predicted molar refractivity (Wildman–Crippen MR) is 79.3 cm³/mol. The van der Waals surface area contributed by atoms with Crippen LogP contribution in [0.5, 0.6) is 0 Å². The lowest BCUT2D eigenvalue weighted by Gasteiger charge is -2.13. The van der Waals surface area contributed by atoms with E-state index in [4.69, 9.17) is 0 Å². The molecule has 6 heteroatoms. The summed E-state index contributed by atoms with van der Waals surface area (Å²) in [5, 5.41) is 8.14. The highest BCUT2D eigenvalue weighted by Crippen LogP contribution is 2.22. The second kappa shape index (κ2) is 4.77. The van der Waals surface area contributed by atoms with E-state index in [2.05, 4.69) is 10.3 Å². The Balaban J connectivity index is 1.58. The number of fused-ring (bicyclic) bond motifs is 2. The van der Waals surface area contributed by atoms with Gasteiger partial charge in [-0.25, -0.2) is 4.68 Å². The van der Waals surface area contributed by atoms with Crippen molar-refractivity contribution in [3.05, 3.63) is 59.7 Å². The lowest BCUT2D eigenvalue weighted by Crippen LogP contribution is -2.33. The van der Waals surface area contributed by atoms with E-state index in [1.54, 1.807) is 28.9 Å². The highest BCUT2D eigenvalue weighted by atomic mass is 16.2. The lowest BCUT2D eigenvalue weighted by atomic mass is 10.1. The summed E-state index contributed by atoms with van der Waals surface area (Å²) >= 11 is 0. The zero-order valence-electron chi connectivity index (χ0n) is 11.6. The molecule has 0 saturated heterocycles. The smallest absolute Gasteiger partial charge is 0.261 e. The van der Waals surface area contributed by atoms with Gasteiger partial charge in [0, 0.05) is 6.54 Å². The minimum atomic E-state index is -0.245. The van der Waals surface area contributed by atoms with Gasteiger partial charge in [0.15, 0.2) is 0 Å². The molecule has 6 nitrogen and oxygen atoms in total. The SMILES string of the molecule is O=C1c2ccccc2C(=O)N1CCn1nnc2ccccc21. The van der Waals surface area contributed by atoms with Gasteiger partial charge < -0.3 is 0 Å². The summed E-state index contributed by atoms with van der Waals surface area (Å²) in [7, 11) is 0. The summed E-state index contributed by atoms with van der Waals surface area (Å²) in [5.74, 6) is -0.491. The van der Waals surface area contributed by atoms with E-state index in [1.165, 1.54) is 4.90 Å². The van der Waals surface area contributed by atoms with Crippen molar-refractivity contribution in [3.8, 4) is 0 Å². The fourth-order valence-electron chi connectivity index (χ4n) is 2.72. The Morgan fingerprint density at radius 1 is 0.818 bits per heavy atom.